The first-order chi connectivity index (χ1) is 8.63. The van der Waals surface area contributed by atoms with E-state index in [1.807, 2.05) is 12.1 Å². The first-order valence-electron chi connectivity index (χ1n) is 6.82. The van der Waals surface area contributed by atoms with Gasteiger partial charge < -0.3 is 10.6 Å². The third kappa shape index (κ3) is 2.50. The highest BCUT2D eigenvalue weighted by Crippen LogP contribution is 2.31. The van der Waals surface area contributed by atoms with Crippen LogP contribution < -0.4 is 10.6 Å². The number of benzene rings is 1. The quantitative estimate of drug-likeness (QED) is 0.633. The largest absolute Gasteiger partial charge is 0.384 e. The van der Waals surface area contributed by atoms with Crippen molar-refractivity contribution in [3.8, 4) is 0 Å². The number of nitrogens with two attached hydrogens (primary N) is 1. The van der Waals surface area contributed by atoms with Gasteiger partial charge in [-0.2, -0.15) is 0 Å². The predicted octanol–water partition coefficient (Wildman–Crippen LogP) is 2.91. The zero-order chi connectivity index (χ0) is 13.1. The van der Waals surface area contributed by atoms with E-state index in [0.29, 0.717) is 0 Å². The van der Waals surface area contributed by atoms with E-state index in [4.69, 9.17) is 11.1 Å². The van der Waals surface area contributed by atoms with Crippen LogP contribution in [0.3, 0.4) is 0 Å². The summed E-state index contributed by atoms with van der Waals surface area (Å²) in [5, 5.41) is 7.72. The van der Waals surface area contributed by atoms with E-state index in [-0.39, 0.29) is 5.84 Å². The molecule has 18 heavy (non-hydrogen) atoms. The van der Waals surface area contributed by atoms with Crippen LogP contribution in [0.1, 0.15) is 37.3 Å². The molecular weight excluding hydrogens is 222 g/mol. The number of nitrogen functional groups attached to an aromatic ring is 1. The summed E-state index contributed by atoms with van der Waals surface area (Å²) >= 11 is 0. The fourth-order valence-corrected chi connectivity index (χ4v) is 2.98. The van der Waals surface area contributed by atoms with E-state index in [1.165, 1.54) is 30.5 Å². The standard InChI is InChI=1S/C15H23N3/c1-3-5-12-8-9-18(10-12)14-11(2)6-4-7-13(14)15(16)17/h4,6-7,12H,3,5,8-10H2,1-2H3,(H3,16,17). The zero-order valence-electron chi connectivity index (χ0n) is 11.4. The molecule has 2 rings (SSSR count). The van der Waals surface area contributed by atoms with Crippen molar-refractivity contribution in [2.45, 2.75) is 33.1 Å². The van der Waals surface area contributed by atoms with Gasteiger partial charge in [0.25, 0.3) is 0 Å². The third-order valence-electron chi connectivity index (χ3n) is 3.83. The summed E-state index contributed by atoms with van der Waals surface area (Å²) in [6.07, 6.45) is 3.82. The number of anilines is 1. The van der Waals surface area contributed by atoms with Gasteiger partial charge in [0, 0.05) is 18.7 Å². The van der Waals surface area contributed by atoms with E-state index < -0.39 is 0 Å². The number of hydrogen-bond acceptors (Lipinski definition) is 2. The van der Waals surface area contributed by atoms with Crippen molar-refractivity contribution >= 4 is 11.5 Å². The van der Waals surface area contributed by atoms with Crippen molar-refractivity contribution in [1.82, 2.24) is 0 Å². The van der Waals surface area contributed by atoms with Gasteiger partial charge in [0.15, 0.2) is 0 Å². The van der Waals surface area contributed by atoms with E-state index in [9.17, 15) is 0 Å². The molecule has 1 heterocycles. The molecule has 1 aliphatic heterocycles. The number of aryl methyl sites for hydroxylation is 1. The molecule has 0 radical (unpaired) electrons. The molecule has 1 aromatic carbocycles. The Balaban J connectivity index is 2.26. The maximum absolute atomic E-state index is 7.72. The lowest BCUT2D eigenvalue weighted by Gasteiger charge is -2.24. The highest BCUT2D eigenvalue weighted by atomic mass is 15.2. The molecule has 1 unspecified atom stereocenters. The second kappa shape index (κ2) is 5.42. The van der Waals surface area contributed by atoms with Crippen molar-refractivity contribution in [3.63, 3.8) is 0 Å². The molecule has 1 fully saturated rings. The lowest BCUT2D eigenvalue weighted by molar-refractivity contribution is 0.530. The molecule has 3 heteroatoms. The van der Waals surface area contributed by atoms with Crippen LogP contribution in [-0.4, -0.2) is 18.9 Å². The highest BCUT2D eigenvalue weighted by Gasteiger charge is 2.25. The van der Waals surface area contributed by atoms with E-state index >= 15 is 0 Å². The van der Waals surface area contributed by atoms with Gasteiger partial charge >= 0.3 is 0 Å². The number of rotatable bonds is 4. The summed E-state index contributed by atoms with van der Waals surface area (Å²) in [5.74, 6) is 0.974. The fourth-order valence-electron chi connectivity index (χ4n) is 2.98. The summed E-state index contributed by atoms with van der Waals surface area (Å²) < 4.78 is 0. The molecule has 3 nitrogen and oxygen atoms in total. The van der Waals surface area contributed by atoms with Gasteiger partial charge in [-0.1, -0.05) is 25.5 Å². The molecular formula is C15H23N3. The monoisotopic (exact) mass is 245 g/mol. The van der Waals surface area contributed by atoms with Gasteiger partial charge in [0.2, 0.25) is 0 Å². The average molecular weight is 245 g/mol. The van der Waals surface area contributed by atoms with Crippen LogP contribution in [0.5, 0.6) is 0 Å². The number of amidine groups is 1. The first kappa shape index (κ1) is 12.9. The lowest BCUT2D eigenvalue weighted by Crippen LogP contribution is -2.25. The molecule has 3 N–H and O–H groups in total. The lowest BCUT2D eigenvalue weighted by atomic mass is 10.0. The van der Waals surface area contributed by atoms with Gasteiger partial charge in [0.1, 0.15) is 5.84 Å². The predicted molar refractivity (Wildman–Crippen MR) is 77.4 cm³/mol. The fraction of sp³-hybridized carbons (Fsp3) is 0.533. The van der Waals surface area contributed by atoms with Crippen LogP contribution in [0.25, 0.3) is 0 Å². The van der Waals surface area contributed by atoms with Crippen molar-refractivity contribution < 1.29 is 0 Å². The van der Waals surface area contributed by atoms with Crippen molar-refractivity contribution in [3.05, 3.63) is 29.3 Å². The summed E-state index contributed by atoms with van der Waals surface area (Å²) in [6.45, 7) is 6.56. The molecule has 1 aliphatic rings. The Morgan fingerprint density at radius 3 is 2.94 bits per heavy atom. The van der Waals surface area contributed by atoms with E-state index in [2.05, 4.69) is 24.8 Å². The molecule has 0 aromatic heterocycles. The van der Waals surface area contributed by atoms with Gasteiger partial charge in [-0.15, -0.1) is 0 Å². The second-order valence-corrected chi connectivity index (χ2v) is 5.27. The summed E-state index contributed by atoms with van der Waals surface area (Å²) in [4.78, 5) is 2.41. The van der Waals surface area contributed by atoms with Gasteiger partial charge in [-0.25, -0.2) is 0 Å². The van der Waals surface area contributed by atoms with E-state index in [0.717, 1.165) is 24.6 Å². The number of nitrogens with one attached hydrogen (secondary N) is 1. The SMILES string of the molecule is CCCC1CCN(c2c(C)cccc2C(=N)N)C1. The average Bonchev–Trinajstić information content (AvgIpc) is 2.77. The Hall–Kier alpha value is -1.51. The van der Waals surface area contributed by atoms with Crippen LogP contribution >= 0.6 is 0 Å². The molecule has 0 spiro atoms. The van der Waals surface area contributed by atoms with Crippen LogP contribution in [-0.2, 0) is 0 Å². The third-order valence-corrected chi connectivity index (χ3v) is 3.83. The summed E-state index contributed by atoms with van der Waals surface area (Å²) in [6, 6.07) is 6.04. The van der Waals surface area contributed by atoms with Crippen LogP contribution in [0.2, 0.25) is 0 Å². The molecule has 0 amide bonds. The van der Waals surface area contributed by atoms with Crippen molar-refractivity contribution in [2.75, 3.05) is 18.0 Å². The molecule has 1 atom stereocenters. The number of hydrogen-bond donors (Lipinski definition) is 2. The zero-order valence-corrected chi connectivity index (χ0v) is 11.4. The van der Waals surface area contributed by atoms with Gasteiger partial charge in [-0.3, -0.25) is 5.41 Å². The molecule has 0 saturated carbocycles. The Labute approximate surface area is 109 Å². The van der Waals surface area contributed by atoms with Crippen molar-refractivity contribution in [2.24, 2.45) is 11.7 Å². The van der Waals surface area contributed by atoms with Crippen LogP contribution in [0, 0.1) is 18.3 Å². The Morgan fingerprint density at radius 1 is 1.50 bits per heavy atom. The normalized spacial score (nSPS) is 19.2. The van der Waals surface area contributed by atoms with Crippen molar-refractivity contribution in [1.29, 1.82) is 5.41 Å². The molecule has 0 bridgehead atoms. The minimum absolute atomic E-state index is 0.174. The number of nitrogens with zero attached hydrogens (tertiary/aromatic N) is 1. The minimum Gasteiger partial charge on any atom is -0.384 e. The topological polar surface area (TPSA) is 53.1 Å². The maximum atomic E-state index is 7.72. The van der Waals surface area contributed by atoms with Gasteiger partial charge in [0.05, 0.1) is 5.69 Å². The first-order valence-corrected chi connectivity index (χ1v) is 6.82. The highest BCUT2D eigenvalue weighted by molar-refractivity contribution is 6.01. The Kier molecular flexibility index (Phi) is 3.90. The molecule has 1 aromatic rings. The maximum Gasteiger partial charge on any atom is 0.124 e. The molecule has 98 valence electrons. The summed E-state index contributed by atoms with van der Waals surface area (Å²) in [5.41, 5.74) is 8.97. The van der Waals surface area contributed by atoms with Crippen LogP contribution in [0.4, 0.5) is 5.69 Å². The van der Waals surface area contributed by atoms with E-state index in [1.54, 1.807) is 0 Å². The Morgan fingerprint density at radius 2 is 2.28 bits per heavy atom. The van der Waals surface area contributed by atoms with Crippen LogP contribution in [0.15, 0.2) is 18.2 Å². The second-order valence-electron chi connectivity index (χ2n) is 5.27. The number of para-hydroxylation sites is 1. The Bertz CT molecular complexity index is 439. The summed E-state index contributed by atoms with van der Waals surface area (Å²) in [7, 11) is 0. The van der Waals surface area contributed by atoms with Gasteiger partial charge in [-0.05, 0) is 37.3 Å². The molecule has 0 aliphatic carbocycles. The molecule has 1 saturated heterocycles. The smallest absolute Gasteiger partial charge is 0.124 e. The minimum atomic E-state index is 0.174.